The summed E-state index contributed by atoms with van der Waals surface area (Å²) in [6.07, 6.45) is 0. The van der Waals surface area contributed by atoms with Crippen LogP contribution < -0.4 is 10.2 Å². The number of hydrogen-bond acceptors (Lipinski definition) is 6. The first-order valence-corrected chi connectivity index (χ1v) is 10.4. The fraction of sp³-hybridized carbons (Fsp3) is 0.250. The number of halogens is 1. The SMILES string of the molecule is CCOC(=O)c1c(NC(=O)c2sc(=O)n(C)c2C)sc(C)c1-c1ccc(F)cc1. The van der Waals surface area contributed by atoms with Crippen molar-refractivity contribution < 1.29 is 18.7 Å². The smallest absolute Gasteiger partial charge is 0.341 e. The number of nitrogens with one attached hydrogen (secondary N) is 1. The molecule has 0 spiro atoms. The van der Waals surface area contributed by atoms with Crippen molar-refractivity contribution in [3.05, 3.63) is 60.8 Å². The third-order valence-corrected chi connectivity index (χ3v) is 6.58. The molecule has 0 aliphatic heterocycles. The van der Waals surface area contributed by atoms with E-state index in [0.29, 0.717) is 21.8 Å². The van der Waals surface area contributed by atoms with Crippen molar-refractivity contribution in [1.82, 2.24) is 4.57 Å². The zero-order valence-electron chi connectivity index (χ0n) is 16.3. The quantitative estimate of drug-likeness (QED) is 0.606. The Balaban J connectivity index is 2.08. The second-order valence-electron chi connectivity index (χ2n) is 6.26. The van der Waals surface area contributed by atoms with Gasteiger partial charge in [-0.25, -0.2) is 9.18 Å². The lowest BCUT2D eigenvalue weighted by Crippen LogP contribution is -2.15. The molecular formula is C20H19FN2O4S2. The molecule has 1 aromatic carbocycles. The average molecular weight is 435 g/mol. The summed E-state index contributed by atoms with van der Waals surface area (Å²) in [5.41, 5.74) is 1.99. The topological polar surface area (TPSA) is 77.4 Å². The number of anilines is 1. The third-order valence-electron chi connectivity index (χ3n) is 4.42. The first-order chi connectivity index (χ1) is 13.7. The van der Waals surface area contributed by atoms with E-state index >= 15 is 0 Å². The van der Waals surface area contributed by atoms with Gasteiger partial charge in [0.2, 0.25) is 0 Å². The molecule has 0 saturated heterocycles. The van der Waals surface area contributed by atoms with Crippen molar-refractivity contribution in [3.63, 3.8) is 0 Å². The van der Waals surface area contributed by atoms with Crippen LogP contribution in [0.15, 0.2) is 29.1 Å². The Labute approximate surface area is 174 Å². The molecule has 0 atom stereocenters. The molecule has 6 nitrogen and oxygen atoms in total. The number of thiophene rings is 1. The summed E-state index contributed by atoms with van der Waals surface area (Å²) < 4.78 is 19.9. The van der Waals surface area contributed by atoms with E-state index in [1.807, 2.05) is 6.92 Å². The second kappa shape index (κ2) is 8.30. The van der Waals surface area contributed by atoms with Crippen LogP contribution in [-0.2, 0) is 11.8 Å². The van der Waals surface area contributed by atoms with E-state index in [1.54, 1.807) is 33.0 Å². The lowest BCUT2D eigenvalue weighted by atomic mass is 10.0. The molecule has 9 heteroatoms. The average Bonchev–Trinajstić information content (AvgIpc) is 3.13. The van der Waals surface area contributed by atoms with Gasteiger partial charge in [-0.15, -0.1) is 11.3 Å². The van der Waals surface area contributed by atoms with Crippen LogP contribution in [0.25, 0.3) is 11.1 Å². The number of rotatable bonds is 5. The number of carbonyl (C=O) groups is 2. The number of amides is 1. The Morgan fingerprint density at radius 3 is 2.38 bits per heavy atom. The normalized spacial score (nSPS) is 10.8. The molecule has 1 amide bonds. The third kappa shape index (κ3) is 4.01. The summed E-state index contributed by atoms with van der Waals surface area (Å²) in [5, 5.41) is 3.08. The van der Waals surface area contributed by atoms with Gasteiger partial charge in [-0.1, -0.05) is 23.5 Å². The van der Waals surface area contributed by atoms with E-state index in [1.165, 1.54) is 28.0 Å². The van der Waals surface area contributed by atoms with E-state index in [2.05, 4.69) is 5.32 Å². The number of aryl methyl sites for hydroxylation is 1. The van der Waals surface area contributed by atoms with Gasteiger partial charge in [-0.05, 0) is 38.5 Å². The van der Waals surface area contributed by atoms with Crippen molar-refractivity contribution in [1.29, 1.82) is 0 Å². The molecule has 2 heterocycles. The maximum Gasteiger partial charge on any atom is 0.341 e. The van der Waals surface area contributed by atoms with Gasteiger partial charge in [-0.2, -0.15) is 0 Å². The number of carbonyl (C=O) groups excluding carboxylic acids is 2. The van der Waals surface area contributed by atoms with Gasteiger partial charge in [0.25, 0.3) is 5.91 Å². The van der Waals surface area contributed by atoms with E-state index in [-0.39, 0.29) is 27.7 Å². The zero-order chi connectivity index (χ0) is 21.3. The predicted molar refractivity (Wildman–Crippen MR) is 113 cm³/mol. The van der Waals surface area contributed by atoms with Crippen LogP contribution in [0, 0.1) is 19.7 Å². The molecule has 0 fully saturated rings. The molecule has 0 aliphatic carbocycles. The lowest BCUT2D eigenvalue weighted by molar-refractivity contribution is 0.0529. The number of hydrogen-bond donors (Lipinski definition) is 1. The van der Waals surface area contributed by atoms with Gasteiger partial charge in [0, 0.05) is 23.2 Å². The van der Waals surface area contributed by atoms with Gasteiger partial charge < -0.3 is 14.6 Å². The summed E-state index contributed by atoms with van der Waals surface area (Å²) >= 11 is 2.07. The minimum absolute atomic E-state index is 0.170. The zero-order valence-corrected chi connectivity index (χ0v) is 17.9. The summed E-state index contributed by atoms with van der Waals surface area (Å²) in [6.45, 7) is 5.36. The molecule has 0 aliphatic rings. The maximum absolute atomic E-state index is 13.3. The largest absolute Gasteiger partial charge is 0.462 e. The standard InChI is InChI=1S/C20H19FN2O4S2/c1-5-27-19(25)15-14(12-6-8-13(21)9-7-12)11(3)28-18(15)22-17(24)16-10(2)23(4)20(26)29-16/h6-9H,5H2,1-4H3,(H,22,24). The Morgan fingerprint density at radius 2 is 1.83 bits per heavy atom. The monoisotopic (exact) mass is 434 g/mol. The van der Waals surface area contributed by atoms with E-state index in [0.717, 1.165) is 16.2 Å². The number of aromatic nitrogens is 1. The van der Waals surface area contributed by atoms with Crippen molar-refractivity contribution in [2.45, 2.75) is 20.8 Å². The van der Waals surface area contributed by atoms with Crippen LogP contribution >= 0.6 is 22.7 Å². The first kappa shape index (κ1) is 20.9. The summed E-state index contributed by atoms with van der Waals surface area (Å²) in [7, 11) is 1.59. The van der Waals surface area contributed by atoms with Crippen LogP contribution in [0.5, 0.6) is 0 Å². The Kier molecular flexibility index (Phi) is 5.99. The van der Waals surface area contributed by atoms with Gasteiger partial charge >= 0.3 is 10.8 Å². The molecule has 152 valence electrons. The Morgan fingerprint density at radius 1 is 1.17 bits per heavy atom. The lowest BCUT2D eigenvalue weighted by Gasteiger charge is -2.09. The van der Waals surface area contributed by atoms with Crippen molar-refractivity contribution >= 4 is 39.6 Å². The Hall–Kier alpha value is -2.78. The molecule has 3 aromatic rings. The highest BCUT2D eigenvalue weighted by atomic mass is 32.1. The van der Waals surface area contributed by atoms with Gasteiger partial charge in [-0.3, -0.25) is 9.59 Å². The molecule has 0 saturated carbocycles. The molecule has 1 N–H and O–H groups in total. The van der Waals surface area contributed by atoms with E-state index in [4.69, 9.17) is 4.74 Å². The van der Waals surface area contributed by atoms with Crippen LogP contribution in [0.1, 0.15) is 37.5 Å². The van der Waals surface area contributed by atoms with Crippen LogP contribution in [0.2, 0.25) is 0 Å². The van der Waals surface area contributed by atoms with Crippen molar-refractivity contribution in [3.8, 4) is 11.1 Å². The van der Waals surface area contributed by atoms with Gasteiger partial charge in [0.15, 0.2) is 0 Å². The summed E-state index contributed by atoms with van der Waals surface area (Å²) in [6, 6.07) is 5.77. The number of benzene rings is 1. The van der Waals surface area contributed by atoms with Gasteiger partial charge in [0.05, 0.1) is 6.61 Å². The fourth-order valence-electron chi connectivity index (χ4n) is 2.88. The van der Waals surface area contributed by atoms with Crippen molar-refractivity contribution in [2.24, 2.45) is 7.05 Å². The molecule has 0 bridgehead atoms. The Bertz CT molecular complexity index is 1140. The molecule has 0 radical (unpaired) electrons. The molecule has 2 aromatic heterocycles. The highest BCUT2D eigenvalue weighted by Gasteiger charge is 2.27. The first-order valence-electron chi connectivity index (χ1n) is 8.78. The number of ether oxygens (including phenoxy) is 1. The highest BCUT2D eigenvalue weighted by molar-refractivity contribution is 7.17. The molecule has 3 rings (SSSR count). The van der Waals surface area contributed by atoms with E-state index < -0.39 is 11.9 Å². The molecular weight excluding hydrogens is 415 g/mol. The minimum atomic E-state index is -0.579. The number of nitrogens with zero attached hydrogens (tertiary/aromatic N) is 1. The fourth-order valence-corrected chi connectivity index (χ4v) is 4.82. The molecule has 0 unspecified atom stereocenters. The van der Waals surface area contributed by atoms with Crippen LogP contribution in [0.3, 0.4) is 0 Å². The molecule has 29 heavy (non-hydrogen) atoms. The van der Waals surface area contributed by atoms with Crippen LogP contribution in [0.4, 0.5) is 9.39 Å². The van der Waals surface area contributed by atoms with Gasteiger partial charge in [0.1, 0.15) is 21.3 Å². The number of esters is 1. The number of thiazole rings is 1. The highest BCUT2D eigenvalue weighted by Crippen LogP contribution is 2.40. The predicted octanol–water partition coefficient (Wildman–Crippen LogP) is 4.36. The van der Waals surface area contributed by atoms with Crippen LogP contribution in [-0.4, -0.2) is 23.1 Å². The maximum atomic E-state index is 13.3. The summed E-state index contributed by atoms with van der Waals surface area (Å²) in [4.78, 5) is 38.1. The van der Waals surface area contributed by atoms with E-state index in [9.17, 15) is 18.8 Å². The minimum Gasteiger partial charge on any atom is -0.462 e. The van der Waals surface area contributed by atoms with Crippen molar-refractivity contribution in [2.75, 3.05) is 11.9 Å². The summed E-state index contributed by atoms with van der Waals surface area (Å²) in [5.74, 6) is -1.44. The second-order valence-corrected chi connectivity index (χ2v) is 8.45.